The smallest absolute Gasteiger partial charge is 0.263 e. The predicted octanol–water partition coefficient (Wildman–Crippen LogP) is 3.85. The van der Waals surface area contributed by atoms with Gasteiger partial charge in [0.25, 0.3) is 5.91 Å². The maximum Gasteiger partial charge on any atom is 0.263 e. The minimum atomic E-state index is 0.158. The van der Waals surface area contributed by atoms with Crippen LogP contribution in [-0.4, -0.2) is 54.5 Å². The van der Waals surface area contributed by atoms with Crippen molar-refractivity contribution in [1.82, 2.24) is 9.80 Å². The average Bonchev–Trinajstić information content (AvgIpc) is 3.38. The van der Waals surface area contributed by atoms with Crippen LogP contribution in [0.5, 0.6) is 0 Å². The molecule has 3 saturated heterocycles. The molecule has 3 aliphatic rings. The van der Waals surface area contributed by atoms with Gasteiger partial charge in [-0.15, -0.1) is 11.3 Å². The summed E-state index contributed by atoms with van der Waals surface area (Å²) in [4.78, 5) is 31.7. The molecular weight excluding hydrogens is 360 g/mol. The molecule has 0 saturated carbocycles. The highest BCUT2D eigenvalue weighted by molar-refractivity contribution is 7.14. The Hall–Kier alpha value is -1.40. The highest BCUT2D eigenvalue weighted by Crippen LogP contribution is 2.37. The Morgan fingerprint density at radius 2 is 1.78 bits per heavy atom. The summed E-state index contributed by atoms with van der Waals surface area (Å²) in [6.07, 6.45) is 8.16. The van der Waals surface area contributed by atoms with Gasteiger partial charge in [-0.05, 0) is 63.0 Å². The van der Waals surface area contributed by atoms with Crippen molar-refractivity contribution < 1.29 is 14.3 Å². The number of thiophene rings is 1. The molecule has 4 heterocycles. The average molecular weight is 391 g/mol. The van der Waals surface area contributed by atoms with Crippen LogP contribution < -0.4 is 0 Å². The van der Waals surface area contributed by atoms with E-state index in [-0.39, 0.29) is 17.9 Å². The zero-order valence-corrected chi connectivity index (χ0v) is 16.8. The van der Waals surface area contributed by atoms with Gasteiger partial charge in [0.15, 0.2) is 0 Å². The fourth-order valence-corrected chi connectivity index (χ4v) is 5.70. The third kappa shape index (κ3) is 4.37. The van der Waals surface area contributed by atoms with E-state index < -0.39 is 0 Å². The van der Waals surface area contributed by atoms with Crippen LogP contribution in [0.3, 0.4) is 0 Å². The molecule has 0 aromatic carbocycles. The molecule has 1 aromatic heterocycles. The van der Waals surface area contributed by atoms with E-state index in [1.165, 1.54) is 11.3 Å². The SMILES string of the molecule is O=C(c1ccc(C2CCCN2C(=O)CC2CCOCC2)s1)N1CCCCC1. The summed E-state index contributed by atoms with van der Waals surface area (Å²) in [5, 5.41) is 0. The van der Waals surface area contributed by atoms with Crippen molar-refractivity contribution in [3.63, 3.8) is 0 Å². The fourth-order valence-electron chi connectivity index (χ4n) is 4.58. The molecule has 0 aliphatic carbocycles. The van der Waals surface area contributed by atoms with Crippen molar-refractivity contribution in [1.29, 1.82) is 0 Å². The zero-order valence-electron chi connectivity index (χ0n) is 16.0. The van der Waals surface area contributed by atoms with Gasteiger partial charge in [-0.2, -0.15) is 0 Å². The molecule has 0 bridgehead atoms. The van der Waals surface area contributed by atoms with Gasteiger partial charge in [0, 0.05) is 44.1 Å². The van der Waals surface area contributed by atoms with Crippen molar-refractivity contribution in [2.75, 3.05) is 32.8 Å². The van der Waals surface area contributed by atoms with Gasteiger partial charge in [-0.25, -0.2) is 0 Å². The van der Waals surface area contributed by atoms with Crippen LogP contribution in [0.25, 0.3) is 0 Å². The Morgan fingerprint density at radius 3 is 2.56 bits per heavy atom. The number of rotatable bonds is 4. The van der Waals surface area contributed by atoms with Gasteiger partial charge >= 0.3 is 0 Å². The van der Waals surface area contributed by atoms with Gasteiger partial charge in [0.2, 0.25) is 5.91 Å². The van der Waals surface area contributed by atoms with Crippen LogP contribution in [-0.2, 0) is 9.53 Å². The Bertz CT molecular complexity index is 662. The lowest BCUT2D eigenvalue weighted by molar-refractivity contribution is -0.133. The molecule has 3 aliphatic heterocycles. The first-order valence-corrected chi connectivity index (χ1v) is 11.3. The fraction of sp³-hybridized carbons (Fsp3) is 0.714. The number of likely N-dealkylation sites (tertiary alicyclic amines) is 2. The first-order valence-electron chi connectivity index (χ1n) is 10.5. The second-order valence-corrected chi connectivity index (χ2v) is 9.18. The van der Waals surface area contributed by atoms with E-state index >= 15 is 0 Å². The van der Waals surface area contributed by atoms with E-state index in [1.54, 1.807) is 11.3 Å². The number of nitrogens with zero attached hydrogens (tertiary/aromatic N) is 2. The van der Waals surface area contributed by atoms with Crippen molar-refractivity contribution in [3.8, 4) is 0 Å². The molecule has 3 fully saturated rings. The number of carbonyl (C=O) groups is 2. The monoisotopic (exact) mass is 390 g/mol. The summed E-state index contributed by atoms with van der Waals surface area (Å²) in [5.41, 5.74) is 0. The molecule has 4 rings (SSSR count). The van der Waals surface area contributed by atoms with Crippen LogP contribution in [0.4, 0.5) is 0 Å². The highest BCUT2D eigenvalue weighted by Gasteiger charge is 2.33. The summed E-state index contributed by atoms with van der Waals surface area (Å²) in [5.74, 6) is 0.915. The third-order valence-corrected chi connectivity index (χ3v) is 7.36. The topological polar surface area (TPSA) is 49.9 Å². The van der Waals surface area contributed by atoms with E-state index in [0.717, 1.165) is 76.3 Å². The van der Waals surface area contributed by atoms with E-state index in [9.17, 15) is 9.59 Å². The molecule has 5 nitrogen and oxygen atoms in total. The van der Waals surface area contributed by atoms with Crippen LogP contribution in [0.2, 0.25) is 0 Å². The number of hydrogen-bond donors (Lipinski definition) is 0. The van der Waals surface area contributed by atoms with Crippen LogP contribution in [0, 0.1) is 5.92 Å². The molecule has 148 valence electrons. The number of carbonyl (C=O) groups excluding carboxylic acids is 2. The Morgan fingerprint density at radius 1 is 1.00 bits per heavy atom. The first-order chi connectivity index (χ1) is 13.2. The number of ether oxygens (including phenoxy) is 1. The summed E-state index contributed by atoms with van der Waals surface area (Å²) in [6, 6.07) is 4.20. The minimum Gasteiger partial charge on any atom is -0.381 e. The maximum absolute atomic E-state index is 12.9. The number of amides is 2. The molecular formula is C21H30N2O3S. The van der Waals surface area contributed by atoms with E-state index in [1.807, 2.05) is 11.0 Å². The van der Waals surface area contributed by atoms with Gasteiger partial charge in [-0.1, -0.05) is 0 Å². The largest absolute Gasteiger partial charge is 0.381 e. The second kappa shape index (κ2) is 8.74. The Kier molecular flexibility index (Phi) is 6.13. The zero-order chi connectivity index (χ0) is 18.6. The number of hydrogen-bond acceptors (Lipinski definition) is 4. The molecule has 6 heteroatoms. The van der Waals surface area contributed by atoms with E-state index in [4.69, 9.17) is 4.74 Å². The molecule has 1 aromatic rings. The minimum absolute atomic E-state index is 0.158. The van der Waals surface area contributed by atoms with Gasteiger partial charge in [0.05, 0.1) is 10.9 Å². The van der Waals surface area contributed by atoms with Crippen molar-refractivity contribution >= 4 is 23.2 Å². The van der Waals surface area contributed by atoms with Gasteiger partial charge in [0.1, 0.15) is 0 Å². The van der Waals surface area contributed by atoms with E-state index in [2.05, 4.69) is 11.0 Å². The third-order valence-electron chi connectivity index (χ3n) is 6.19. The van der Waals surface area contributed by atoms with Crippen molar-refractivity contribution in [2.24, 2.45) is 5.92 Å². The molecule has 0 radical (unpaired) electrons. The lowest BCUT2D eigenvalue weighted by Crippen LogP contribution is -2.35. The molecule has 2 amide bonds. The van der Waals surface area contributed by atoms with Crippen LogP contribution in [0.15, 0.2) is 12.1 Å². The number of piperidine rings is 1. The predicted molar refractivity (Wildman–Crippen MR) is 106 cm³/mol. The highest BCUT2D eigenvalue weighted by atomic mass is 32.1. The van der Waals surface area contributed by atoms with Crippen molar-refractivity contribution in [2.45, 2.75) is 57.4 Å². The normalized spacial score (nSPS) is 24.4. The first kappa shape index (κ1) is 18.9. The Balaban J connectivity index is 1.40. The summed E-state index contributed by atoms with van der Waals surface area (Å²) >= 11 is 1.59. The van der Waals surface area contributed by atoms with Crippen LogP contribution >= 0.6 is 11.3 Å². The summed E-state index contributed by atoms with van der Waals surface area (Å²) < 4.78 is 5.41. The van der Waals surface area contributed by atoms with E-state index in [0.29, 0.717) is 12.3 Å². The standard InChI is InChI=1S/C21H30N2O3S/c24-20(15-16-8-13-26-14-9-16)23-12-4-5-17(23)18-6-7-19(27-18)21(25)22-10-2-1-3-11-22/h6-7,16-17H,1-5,8-15H2. The molecule has 1 atom stereocenters. The molecule has 1 unspecified atom stereocenters. The molecule has 0 spiro atoms. The molecule has 0 N–H and O–H groups in total. The summed E-state index contributed by atoms with van der Waals surface area (Å²) in [7, 11) is 0. The second-order valence-electron chi connectivity index (χ2n) is 8.06. The van der Waals surface area contributed by atoms with Gasteiger partial charge < -0.3 is 14.5 Å². The van der Waals surface area contributed by atoms with Crippen LogP contribution in [0.1, 0.15) is 72.0 Å². The lowest BCUT2D eigenvalue weighted by Gasteiger charge is -2.28. The van der Waals surface area contributed by atoms with Crippen molar-refractivity contribution in [3.05, 3.63) is 21.9 Å². The maximum atomic E-state index is 12.9. The van der Waals surface area contributed by atoms with Gasteiger partial charge in [-0.3, -0.25) is 9.59 Å². The Labute approximate surface area is 165 Å². The lowest BCUT2D eigenvalue weighted by atomic mass is 9.96. The summed E-state index contributed by atoms with van der Waals surface area (Å²) in [6.45, 7) is 4.18. The molecule has 27 heavy (non-hydrogen) atoms. The quantitative estimate of drug-likeness (QED) is 0.784.